The van der Waals surface area contributed by atoms with Gasteiger partial charge in [-0.1, -0.05) is 29.8 Å². The van der Waals surface area contributed by atoms with E-state index in [1.165, 1.54) is 12.1 Å². The number of aliphatic hydroxyl groups excluding tert-OH is 1. The molecule has 1 atom stereocenters. The van der Waals surface area contributed by atoms with Crippen molar-refractivity contribution in [2.24, 2.45) is 0 Å². The van der Waals surface area contributed by atoms with Gasteiger partial charge >= 0.3 is 0 Å². The lowest BCUT2D eigenvalue weighted by Gasteiger charge is -2.15. The maximum absolute atomic E-state index is 12.8. The van der Waals surface area contributed by atoms with Gasteiger partial charge < -0.3 is 5.11 Å². The Morgan fingerprint density at radius 3 is 2.37 bits per heavy atom. The van der Waals surface area contributed by atoms with E-state index in [1.54, 1.807) is 12.1 Å². The van der Waals surface area contributed by atoms with Crippen LogP contribution in [0.3, 0.4) is 0 Å². The molecule has 0 spiro atoms. The summed E-state index contributed by atoms with van der Waals surface area (Å²) in [6.45, 7) is 3.84. The molecule has 1 unspecified atom stereocenters. The van der Waals surface area contributed by atoms with E-state index >= 15 is 0 Å². The molecular weight excluding hydrogens is 263 g/mol. The number of rotatable bonds is 3. The highest BCUT2D eigenvalue weighted by Crippen LogP contribution is 2.27. The summed E-state index contributed by atoms with van der Waals surface area (Å²) in [5.41, 5.74) is 3.68. The molecule has 3 heteroatoms. The van der Waals surface area contributed by atoms with Gasteiger partial charge in [0.2, 0.25) is 0 Å². The van der Waals surface area contributed by atoms with E-state index in [9.17, 15) is 9.50 Å². The molecule has 0 saturated carbocycles. The number of benzene rings is 2. The van der Waals surface area contributed by atoms with Gasteiger partial charge in [0.25, 0.3) is 0 Å². The van der Waals surface area contributed by atoms with Crippen LogP contribution in [0.5, 0.6) is 0 Å². The van der Waals surface area contributed by atoms with Crippen molar-refractivity contribution < 1.29 is 9.50 Å². The van der Waals surface area contributed by atoms with Gasteiger partial charge in [0, 0.05) is 11.4 Å². The summed E-state index contributed by atoms with van der Waals surface area (Å²) in [4.78, 5) is 0. The highest BCUT2D eigenvalue weighted by atomic mass is 35.5. The standard InChI is InChI=1S/C16H16ClFO/c1-10-8-15(17)11(2)7-14(10)16(19)9-12-3-5-13(18)6-4-12/h3-8,16,19H,9H2,1-2H3. The second-order valence-corrected chi connectivity index (χ2v) is 5.21. The second kappa shape index (κ2) is 5.72. The van der Waals surface area contributed by atoms with E-state index in [-0.39, 0.29) is 5.82 Å². The molecule has 0 amide bonds. The van der Waals surface area contributed by atoms with Gasteiger partial charge in [0.05, 0.1) is 6.10 Å². The number of aryl methyl sites for hydroxylation is 2. The molecular formula is C16H16ClFO. The lowest BCUT2D eigenvalue weighted by Crippen LogP contribution is -2.04. The number of hydrogen-bond donors (Lipinski definition) is 1. The van der Waals surface area contributed by atoms with E-state index in [0.717, 1.165) is 22.3 Å². The molecule has 0 fully saturated rings. The maximum atomic E-state index is 12.8. The van der Waals surface area contributed by atoms with Gasteiger partial charge in [-0.2, -0.15) is 0 Å². The van der Waals surface area contributed by atoms with Crippen molar-refractivity contribution in [2.75, 3.05) is 0 Å². The first-order valence-corrected chi connectivity index (χ1v) is 6.54. The molecule has 0 radical (unpaired) electrons. The first kappa shape index (κ1) is 14.0. The molecule has 2 aromatic rings. The SMILES string of the molecule is Cc1cc(C(O)Cc2ccc(F)cc2)c(C)cc1Cl. The summed E-state index contributed by atoms with van der Waals surface area (Å²) in [5, 5.41) is 11.0. The van der Waals surface area contributed by atoms with Crippen LogP contribution in [-0.4, -0.2) is 5.11 Å². The molecule has 0 aromatic heterocycles. The number of halogens is 2. The lowest BCUT2D eigenvalue weighted by atomic mass is 9.96. The lowest BCUT2D eigenvalue weighted by molar-refractivity contribution is 0.177. The third kappa shape index (κ3) is 3.34. The summed E-state index contributed by atoms with van der Waals surface area (Å²) in [6.07, 6.45) is -0.149. The largest absolute Gasteiger partial charge is 0.388 e. The zero-order valence-electron chi connectivity index (χ0n) is 11.0. The Morgan fingerprint density at radius 2 is 1.74 bits per heavy atom. The van der Waals surface area contributed by atoms with Crippen molar-refractivity contribution in [2.45, 2.75) is 26.4 Å². The fourth-order valence-electron chi connectivity index (χ4n) is 2.12. The molecule has 2 aromatic carbocycles. The Hall–Kier alpha value is -1.38. The van der Waals surface area contributed by atoms with Crippen molar-refractivity contribution >= 4 is 11.6 Å². The smallest absolute Gasteiger partial charge is 0.123 e. The number of aliphatic hydroxyl groups is 1. The molecule has 19 heavy (non-hydrogen) atoms. The van der Waals surface area contributed by atoms with Crippen molar-refractivity contribution in [1.82, 2.24) is 0 Å². The Bertz CT molecular complexity index is 578. The highest BCUT2D eigenvalue weighted by Gasteiger charge is 2.13. The minimum atomic E-state index is -0.610. The van der Waals surface area contributed by atoms with Gasteiger partial charge in [-0.05, 0) is 54.3 Å². The Morgan fingerprint density at radius 1 is 1.11 bits per heavy atom. The van der Waals surface area contributed by atoms with Gasteiger partial charge in [-0.3, -0.25) is 0 Å². The minimum absolute atomic E-state index is 0.267. The van der Waals surface area contributed by atoms with Crippen molar-refractivity contribution in [1.29, 1.82) is 0 Å². The van der Waals surface area contributed by atoms with Gasteiger partial charge in [-0.25, -0.2) is 4.39 Å². The van der Waals surface area contributed by atoms with Crippen LogP contribution in [0, 0.1) is 19.7 Å². The fraction of sp³-hybridized carbons (Fsp3) is 0.250. The molecule has 2 rings (SSSR count). The molecule has 100 valence electrons. The zero-order chi connectivity index (χ0) is 14.0. The van der Waals surface area contributed by atoms with E-state index in [0.29, 0.717) is 11.4 Å². The predicted octanol–water partition coefficient (Wildman–Crippen LogP) is 4.37. The fourth-order valence-corrected chi connectivity index (χ4v) is 2.33. The van der Waals surface area contributed by atoms with Crippen LogP contribution in [0.15, 0.2) is 36.4 Å². The van der Waals surface area contributed by atoms with Crippen LogP contribution in [-0.2, 0) is 6.42 Å². The summed E-state index contributed by atoms with van der Waals surface area (Å²) in [5.74, 6) is -0.267. The Kier molecular flexibility index (Phi) is 4.23. The average Bonchev–Trinajstić information content (AvgIpc) is 2.36. The summed E-state index contributed by atoms with van der Waals surface area (Å²) in [6, 6.07) is 9.96. The topological polar surface area (TPSA) is 20.2 Å². The highest BCUT2D eigenvalue weighted by molar-refractivity contribution is 6.31. The third-order valence-corrected chi connectivity index (χ3v) is 3.66. The van der Waals surface area contributed by atoms with Gasteiger partial charge in [0.1, 0.15) is 5.82 Å². The van der Waals surface area contributed by atoms with Gasteiger partial charge in [-0.15, -0.1) is 0 Å². The number of hydrogen-bond acceptors (Lipinski definition) is 1. The average molecular weight is 279 g/mol. The third-order valence-electron chi connectivity index (χ3n) is 3.25. The molecule has 0 bridgehead atoms. The Labute approximate surface area is 117 Å². The first-order chi connectivity index (χ1) is 8.97. The van der Waals surface area contributed by atoms with E-state index in [1.807, 2.05) is 26.0 Å². The molecule has 1 nitrogen and oxygen atoms in total. The molecule has 0 aliphatic rings. The van der Waals surface area contributed by atoms with Crippen LogP contribution in [0.4, 0.5) is 4.39 Å². The zero-order valence-corrected chi connectivity index (χ0v) is 11.7. The quantitative estimate of drug-likeness (QED) is 0.884. The van der Waals surface area contributed by atoms with Crippen molar-refractivity contribution in [3.05, 3.63) is 69.5 Å². The van der Waals surface area contributed by atoms with E-state index in [2.05, 4.69) is 0 Å². The molecule has 0 aliphatic carbocycles. The van der Waals surface area contributed by atoms with E-state index in [4.69, 9.17) is 11.6 Å². The van der Waals surface area contributed by atoms with Crippen molar-refractivity contribution in [3.63, 3.8) is 0 Å². The first-order valence-electron chi connectivity index (χ1n) is 6.16. The molecule has 0 heterocycles. The van der Waals surface area contributed by atoms with Crippen molar-refractivity contribution in [3.8, 4) is 0 Å². The van der Waals surface area contributed by atoms with E-state index < -0.39 is 6.10 Å². The monoisotopic (exact) mass is 278 g/mol. The molecule has 0 aliphatic heterocycles. The summed E-state index contributed by atoms with van der Waals surface area (Å²) in [7, 11) is 0. The van der Waals surface area contributed by atoms with Crippen LogP contribution in [0.25, 0.3) is 0 Å². The van der Waals surface area contributed by atoms with Crippen LogP contribution in [0.2, 0.25) is 5.02 Å². The van der Waals surface area contributed by atoms with Crippen LogP contribution in [0.1, 0.15) is 28.4 Å². The molecule has 0 saturated heterocycles. The predicted molar refractivity (Wildman–Crippen MR) is 76.0 cm³/mol. The van der Waals surface area contributed by atoms with Crippen LogP contribution >= 0.6 is 11.6 Å². The Balaban J connectivity index is 2.22. The maximum Gasteiger partial charge on any atom is 0.123 e. The van der Waals surface area contributed by atoms with Crippen LogP contribution < -0.4 is 0 Å². The summed E-state index contributed by atoms with van der Waals surface area (Å²) < 4.78 is 12.8. The summed E-state index contributed by atoms with van der Waals surface area (Å²) >= 11 is 6.04. The molecule has 1 N–H and O–H groups in total. The normalized spacial score (nSPS) is 12.5. The minimum Gasteiger partial charge on any atom is -0.388 e. The van der Waals surface area contributed by atoms with Gasteiger partial charge in [0.15, 0.2) is 0 Å². The second-order valence-electron chi connectivity index (χ2n) is 4.80.